The number of esters is 1. The number of benzene rings is 1. The minimum Gasteiger partial charge on any atom is -0.463 e. The molecule has 4 rings (SSSR count). The summed E-state index contributed by atoms with van der Waals surface area (Å²) in [5, 5.41) is 12.8. The summed E-state index contributed by atoms with van der Waals surface area (Å²) < 4.78 is 12.2. The van der Waals surface area contributed by atoms with Crippen LogP contribution in [0.25, 0.3) is 0 Å². The molecule has 10 heteroatoms. The van der Waals surface area contributed by atoms with Gasteiger partial charge >= 0.3 is 5.97 Å². The number of hydrogen-bond donors (Lipinski definition) is 2. The lowest BCUT2D eigenvalue weighted by atomic mass is 9.70. The molecule has 0 unspecified atom stereocenters. The average Bonchev–Trinajstić information content (AvgIpc) is 3.65. The van der Waals surface area contributed by atoms with Crippen LogP contribution in [0.5, 0.6) is 0 Å². The fraction of sp³-hybridized carbons (Fsp3) is 0.622. The van der Waals surface area contributed by atoms with Gasteiger partial charge in [-0.3, -0.25) is 19.2 Å². The van der Waals surface area contributed by atoms with Crippen LogP contribution in [0.4, 0.5) is 0 Å². The van der Waals surface area contributed by atoms with Gasteiger partial charge in [0.05, 0.1) is 24.0 Å². The van der Waals surface area contributed by atoms with Crippen molar-refractivity contribution in [3.63, 3.8) is 0 Å². The second-order valence-electron chi connectivity index (χ2n) is 14.9. The fourth-order valence-electron chi connectivity index (χ4n) is 8.16. The number of amides is 3. The first-order valence-electron chi connectivity index (χ1n) is 16.8. The first-order valence-corrected chi connectivity index (χ1v) is 16.8. The molecule has 0 radical (unpaired) electrons. The Bertz CT molecular complexity index is 1320. The van der Waals surface area contributed by atoms with Crippen molar-refractivity contribution in [1.82, 2.24) is 15.1 Å². The van der Waals surface area contributed by atoms with E-state index in [-0.39, 0.29) is 49.3 Å². The van der Waals surface area contributed by atoms with Crippen molar-refractivity contribution in [2.75, 3.05) is 26.3 Å². The predicted molar refractivity (Wildman–Crippen MR) is 179 cm³/mol. The number of rotatable bonds is 16. The molecule has 258 valence electrons. The molecule has 3 aliphatic rings. The molecular formula is C37H53N3O7. The quantitative estimate of drug-likeness (QED) is 0.201. The zero-order chi connectivity index (χ0) is 34.6. The molecule has 2 bridgehead atoms. The number of carbonyl (C=O) groups excluding carboxylic acids is 4. The molecule has 10 nitrogen and oxygen atoms in total. The van der Waals surface area contributed by atoms with Crippen LogP contribution in [0.1, 0.15) is 84.7 Å². The SMILES string of the molecule is C=CCCC(=O)OC[C@H](NC(=O)[C@@H]1[C@@H]2CC[C@]3(O2)[C@H](C(=O)N(CC=C)C(C)(C)CC(C)(C)C)N(CCCO)C(=O)[C@@H]13)c1ccccc1. The monoisotopic (exact) mass is 651 g/mol. The summed E-state index contributed by atoms with van der Waals surface area (Å²) in [5.41, 5.74) is -1.06. The molecule has 6 atom stereocenters. The Kier molecular flexibility index (Phi) is 11.4. The van der Waals surface area contributed by atoms with Gasteiger partial charge in [0.15, 0.2) is 0 Å². The van der Waals surface area contributed by atoms with Gasteiger partial charge in [0, 0.05) is 31.7 Å². The third kappa shape index (κ3) is 7.64. The second kappa shape index (κ2) is 14.7. The molecule has 47 heavy (non-hydrogen) atoms. The van der Waals surface area contributed by atoms with E-state index in [0.717, 1.165) is 5.56 Å². The molecule has 0 aromatic heterocycles. The molecule has 3 amide bonds. The summed E-state index contributed by atoms with van der Waals surface area (Å²) >= 11 is 0. The summed E-state index contributed by atoms with van der Waals surface area (Å²) in [6.45, 7) is 18.2. The number of allylic oxidation sites excluding steroid dienone is 1. The van der Waals surface area contributed by atoms with E-state index in [1.807, 2.05) is 44.2 Å². The van der Waals surface area contributed by atoms with Crippen molar-refractivity contribution in [2.45, 2.75) is 102 Å². The van der Waals surface area contributed by atoms with E-state index in [1.54, 1.807) is 22.0 Å². The van der Waals surface area contributed by atoms with Gasteiger partial charge in [0.25, 0.3) is 0 Å². The van der Waals surface area contributed by atoms with Gasteiger partial charge < -0.3 is 29.7 Å². The number of nitrogens with one attached hydrogen (secondary N) is 1. The fourth-order valence-corrected chi connectivity index (χ4v) is 8.16. The molecule has 3 saturated heterocycles. The van der Waals surface area contributed by atoms with Crippen LogP contribution in [0.2, 0.25) is 0 Å². The highest BCUT2D eigenvalue weighted by Crippen LogP contribution is 2.59. The maximum atomic E-state index is 14.8. The number of fused-ring (bicyclic) bond motifs is 1. The van der Waals surface area contributed by atoms with E-state index in [0.29, 0.717) is 38.6 Å². The van der Waals surface area contributed by atoms with Crippen LogP contribution in [-0.2, 0) is 28.7 Å². The van der Waals surface area contributed by atoms with Crippen LogP contribution in [0.3, 0.4) is 0 Å². The lowest BCUT2D eigenvalue weighted by Gasteiger charge is -2.45. The Morgan fingerprint density at radius 2 is 1.87 bits per heavy atom. The molecule has 1 spiro atoms. The van der Waals surface area contributed by atoms with Gasteiger partial charge in [0.2, 0.25) is 17.7 Å². The minimum absolute atomic E-state index is 0.0726. The van der Waals surface area contributed by atoms with E-state index in [1.165, 1.54) is 0 Å². The zero-order valence-electron chi connectivity index (χ0n) is 28.7. The molecular weight excluding hydrogens is 598 g/mol. The Morgan fingerprint density at radius 1 is 1.17 bits per heavy atom. The molecule has 0 saturated carbocycles. The molecule has 3 aliphatic heterocycles. The first-order chi connectivity index (χ1) is 22.2. The lowest BCUT2D eigenvalue weighted by molar-refractivity contribution is -0.153. The predicted octanol–water partition coefficient (Wildman–Crippen LogP) is 4.34. The summed E-state index contributed by atoms with van der Waals surface area (Å²) in [5.74, 6) is -3.01. The normalized spacial score (nSPS) is 25.7. The summed E-state index contributed by atoms with van der Waals surface area (Å²) in [6, 6.07) is 7.66. The Labute approximate surface area is 279 Å². The molecule has 2 N–H and O–H groups in total. The van der Waals surface area contributed by atoms with Crippen LogP contribution >= 0.6 is 0 Å². The van der Waals surface area contributed by atoms with E-state index in [4.69, 9.17) is 9.47 Å². The van der Waals surface area contributed by atoms with Crippen molar-refractivity contribution >= 4 is 23.7 Å². The average molecular weight is 652 g/mol. The van der Waals surface area contributed by atoms with Crippen LogP contribution in [0.15, 0.2) is 55.6 Å². The lowest BCUT2D eigenvalue weighted by Crippen LogP contribution is -2.61. The Balaban J connectivity index is 1.66. The zero-order valence-corrected chi connectivity index (χ0v) is 28.7. The molecule has 0 aliphatic carbocycles. The molecule has 1 aromatic rings. The number of nitrogens with zero attached hydrogens (tertiary/aromatic N) is 2. The summed E-state index contributed by atoms with van der Waals surface area (Å²) in [6.07, 6.45) is 5.46. The van der Waals surface area contributed by atoms with Gasteiger partial charge in [0.1, 0.15) is 18.2 Å². The van der Waals surface area contributed by atoms with Crippen molar-refractivity contribution < 1.29 is 33.8 Å². The highest BCUT2D eigenvalue weighted by atomic mass is 16.5. The van der Waals surface area contributed by atoms with Gasteiger partial charge in [-0.1, -0.05) is 63.3 Å². The van der Waals surface area contributed by atoms with Gasteiger partial charge in [-0.25, -0.2) is 0 Å². The number of aliphatic hydroxyl groups is 1. The van der Waals surface area contributed by atoms with E-state index < -0.39 is 47.1 Å². The van der Waals surface area contributed by atoms with E-state index in [2.05, 4.69) is 39.2 Å². The molecule has 3 fully saturated rings. The number of likely N-dealkylation sites (tertiary alicyclic amines) is 1. The maximum Gasteiger partial charge on any atom is 0.306 e. The Morgan fingerprint density at radius 3 is 2.49 bits per heavy atom. The maximum absolute atomic E-state index is 14.8. The topological polar surface area (TPSA) is 125 Å². The van der Waals surface area contributed by atoms with Crippen LogP contribution in [0, 0.1) is 17.3 Å². The summed E-state index contributed by atoms with van der Waals surface area (Å²) in [7, 11) is 0. The minimum atomic E-state index is -1.17. The van der Waals surface area contributed by atoms with Crippen molar-refractivity contribution in [3.05, 3.63) is 61.2 Å². The van der Waals surface area contributed by atoms with Crippen LogP contribution < -0.4 is 5.32 Å². The standard InChI is InChI=1S/C37H53N3O7/c1-8-10-17-28(42)46-23-26(25-15-12-11-13-16-25)38-32(43)29-27-18-19-37(47-27)30(29)33(44)39(21-14-22-41)31(37)34(45)40(20-9-2)36(6,7)24-35(3,4)5/h8-9,11-13,15-16,26-27,29-31,41H,1-2,10,14,17-24H2,3-7H3,(H,38,43)/t26-,27-,29+,30+,31-,37+/m0/s1. The van der Waals surface area contributed by atoms with Crippen molar-refractivity contribution in [3.8, 4) is 0 Å². The summed E-state index contributed by atoms with van der Waals surface area (Å²) in [4.78, 5) is 59.0. The smallest absolute Gasteiger partial charge is 0.306 e. The van der Waals surface area contributed by atoms with Crippen molar-refractivity contribution in [2.24, 2.45) is 17.3 Å². The van der Waals surface area contributed by atoms with Gasteiger partial charge in [-0.05, 0) is 56.9 Å². The largest absolute Gasteiger partial charge is 0.463 e. The van der Waals surface area contributed by atoms with E-state index in [9.17, 15) is 24.3 Å². The molecule has 1 aromatic carbocycles. The highest BCUT2D eigenvalue weighted by molar-refractivity contribution is 5.99. The first kappa shape index (κ1) is 36.3. The number of aliphatic hydroxyl groups excluding tert-OH is 1. The number of ether oxygens (including phenoxy) is 2. The van der Waals surface area contributed by atoms with Crippen LogP contribution in [-0.4, -0.2) is 88.2 Å². The number of hydrogen-bond acceptors (Lipinski definition) is 7. The van der Waals surface area contributed by atoms with Crippen molar-refractivity contribution in [1.29, 1.82) is 0 Å². The van der Waals surface area contributed by atoms with Gasteiger partial charge in [-0.15, -0.1) is 13.2 Å². The molecule has 3 heterocycles. The third-order valence-corrected chi connectivity index (χ3v) is 9.65. The van der Waals surface area contributed by atoms with E-state index >= 15 is 0 Å². The second-order valence-corrected chi connectivity index (χ2v) is 14.9. The third-order valence-electron chi connectivity index (χ3n) is 9.65. The Hall–Kier alpha value is -3.50. The highest BCUT2D eigenvalue weighted by Gasteiger charge is 2.74. The van der Waals surface area contributed by atoms with Gasteiger partial charge in [-0.2, -0.15) is 0 Å². The number of carbonyl (C=O) groups is 4.